The van der Waals surface area contributed by atoms with E-state index in [-0.39, 0.29) is 31.1 Å². The lowest BCUT2D eigenvalue weighted by molar-refractivity contribution is -0.167. The Morgan fingerprint density at radius 2 is 0.582 bits per heavy atom. The van der Waals surface area contributed by atoms with E-state index in [1.807, 2.05) is 0 Å². The molecule has 0 aliphatic rings. The summed E-state index contributed by atoms with van der Waals surface area (Å²) in [7, 11) is 0. The van der Waals surface area contributed by atoms with Crippen molar-refractivity contribution in [1.82, 2.24) is 0 Å². The van der Waals surface area contributed by atoms with E-state index < -0.39 is 6.10 Å². The fourth-order valence-corrected chi connectivity index (χ4v) is 7.42. The molecule has 0 rings (SSSR count). The van der Waals surface area contributed by atoms with E-state index in [0.29, 0.717) is 19.3 Å². The molecular formula is C61H102O6. The normalized spacial score (nSPS) is 12.8. The molecule has 6 nitrogen and oxygen atoms in total. The Bertz CT molecular complexity index is 1350. The quantitative estimate of drug-likeness (QED) is 0.0262. The maximum Gasteiger partial charge on any atom is 0.306 e. The van der Waals surface area contributed by atoms with Crippen LogP contribution in [0.3, 0.4) is 0 Å². The van der Waals surface area contributed by atoms with Crippen LogP contribution in [0.15, 0.2) is 97.2 Å². The molecule has 6 heteroatoms. The minimum absolute atomic E-state index is 0.0908. The van der Waals surface area contributed by atoms with E-state index in [2.05, 4.69) is 118 Å². The van der Waals surface area contributed by atoms with Gasteiger partial charge in [0.2, 0.25) is 0 Å². The summed E-state index contributed by atoms with van der Waals surface area (Å²) >= 11 is 0. The third kappa shape index (κ3) is 53.2. The Morgan fingerprint density at radius 1 is 0.313 bits per heavy atom. The van der Waals surface area contributed by atoms with Gasteiger partial charge in [-0.25, -0.2) is 0 Å². The van der Waals surface area contributed by atoms with E-state index in [4.69, 9.17) is 14.2 Å². The zero-order valence-electron chi connectivity index (χ0n) is 43.6. The minimum atomic E-state index is -0.794. The number of ether oxygens (including phenoxy) is 3. The lowest BCUT2D eigenvalue weighted by atomic mass is 10.1. The first-order valence-electron chi connectivity index (χ1n) is 27.7. The van der Waals surface area contributed by atoms with Gasteiger partial charge in [0.05, 0.1) is 0 Å². The second kappa shape index (κ2) is 54.9. The van der Waals surface area contributed by atoms with Gasteiger partial charge in [0.15, 0.2) is 6.10 Å². The van der Waals surface area contributed by atoms with Gasteiger partial charge in [0, 0.05) is 19.3 Å². The summed E-state index contributed by atoms with van der Waals surface area (Å²) in [5.74, 6) is -0.932. The summed E-state index contributed by atoms with van der Waals surface area (Å²) in [5, 5.41) is 0. The molecule has 67 heavy (non-hydrogen) atoms. The third-order valence-electron chi connectivity index (χ3n) is 11.6. The van der Waals surface area contributed by atoms with Gasteiger partial charge in [-0.2, -0.15) is 0 Å². The fourth-order valence-electron chi connectivity index (χ4n) is 7.42. The standard InChI is InChI=1S/C61H102O6/c1-4-7-10-13-16-19-22-24-26-28-29-30-31-32-33-34-36-37-39-42-45-48-51-54-60(63)66-57-58(56-65-59(62)53-50-47-44-41-21-18-15-12-9-6-3)67-61(64)55-52-49-46-43-40-38-35-27-25-23-20-17-14-11-8-5-2/h7,10,16,19-20,23-24,26-27,29-30,32-33,35-37,58H,4-6,8-9,11-15,17-18,21-22,25,28,31,34,38-57H2,1-3H3/b10-7-,19-16-,23-20-,26-24-,30-29-,33-32-,35-27-,37-36-. The highest BCUT2D eigenvalue weighted by molar-refractivity contribution is 5.71. The van der Waals surface area contributed by atoms with E-state index in [9.17, 15) is 14.4 Å². The second-order valence-corrected chi connectivity index (χ2v) is 18.1. The van der Waals surface area contributed by atoms with E-state index in [1.165, 1.54) is 77.0 Å². The predicted octanol–water partition coefficient (Wildman–Crippen LogP) is 18.5. The number of carbonyl (C=O) groups excluding carboxylic acids is 3. The number of carbonyl (C=O) groups is 3. The van der Waals surface area contributed by atoms with Crippen LogP contribution >= 0.6 is 0 Å². The van der Waals surface area contributed by atoms with Gasteiger partial charge in [0.25, 0.3) is 0 Å². The first-order valence-corrected chi connectivity index (χ1v) is 27.7. The van der Waals surface area contributed by atoms with Crippen molar-refractivity contribution in [3.05, 3.63) is 97.2 Å². The molecule has 1 unspecified atom stereocenters. The van der Waals surface area contributed by atoms with Crippen LogP contribution in [0, 0.1) is 0 Å². The van der Waals surface area contributed by atoms with Crippen molar-refractivity contribution in [3.8, 4) is 0 Å². The molecular weight excluding hydrogens is 829 g/mol. The number of rotatable bonds is 49. The number of allylic oxidation sites excluding steroid dienone is 16. The minimum Gasteiger partial charge on any atom is -0.462 e. The van der Waals surface area contributed by atoms with Gasteiger partial charge < -0.3 is 14.2 Å². The van der Waals surface area contributed by atoms with Crippen LogP contribution in [0.4, 0.5) is 0 Å². The molecule has 0 heterocycles. The largest absolute Gasteiger partial charge is 0.462 e. The lowest BCUT2D eigenvalue weighted by Gasteiger charge is -2.18. The molecule has 0 bridgehead atoms. The molecule has 0 saturated heterocycles. The predicted molar refractivity (Wildman–Crippen MR) is 288 cm³/mol. The van der Waals surface area contributed by atoms with Crippen molar-refractivity contribution in [3.63, 3.8) is 0 Å². The summed E-state index contributed by atoms with van der Waals surface area (Å²) in [5.41, 5.74) is 0. The lowest BCUT2D eigenvalue weighted by Crippen LogP contribution is -2.30. The van der Waals surface area contributed by atoms with Crippen LogP contribution in [-0.4, -0.2) is 37.2 Å². The number of unbranched alkanes of at least 4 members (excludes halogenated alkanes) is 22. The van der Waals surface area contributed by atoms with Gasteiger partial charge in [-0.1, -0.05) is 227 Å². The first kappa shape index (κ1) is 63.3. The van der Waals surface area contributed by atoms with Gasteiger partial charge in [0.1, 0.15) is 13.2 Å². The molecule has 0 aliphatic carbocycles. The summed E-state index contributed by atoms with van der Waals surface area (Å²) in [6, 6.07) is 0. The molecule has 0 spiro atoms. The molecule has 0 amide bonds. The zero-order valence-corrected chi connectivity index (χ0v) is 43.6. The molecule has 0 aliphatic heterocycles. The van der Waals surface area contributed by atoms with Gasteiger partial charge in [-0.05, 0) is 103 Å². The first-order chi connectivity index (χ1) is 33.0. The molecule has 0 radical (unpaired) electrons. The van der Waals surface area contributed by atoms with E-state index in [1.54, 1.807) is 0 Å². The maximum atomic E-state index is 12.8. The maximum absolute atomic E-state index is 12.8. The van der Waals surface area contributed by atoms with Crippen molar-refractivity contribution < 1.29 is 28.6 Å². The Hall–Kier alpha value is -3.67. The summed E-state index contributed by atoms with van der Waals surface area (Å²) in [4.78, 5) is 38.0. The van der Waals surface area contributed by atoms with Crippen molar-refractivity contribution >= 4 is 17.9 Å². The summed E-state index contributed by atoms with van der Waals surface area (Å²) in [6.45, 7) is 6.46. The van der Waals surface area contributed by atoms with Crippen molar-refractivity contribution in [2.45, 2.75) is 258 Å². The number of hydrogen-bond donors (Lipinski definition) is 0. The third-order valence-corrected chi connectivity index (χ3v) is 11.6. The average Bonchev–Trinajstić information content (AvgIpc) is 3.33. The highest BCUT2D eigenvalue weighted by Crippen LogP contribution is 2.14. The molecule has 1 atom stereocenters. The van der Waals surface area contributed by atoms with Crippen LogP contribution in [0.2, 0.25) is 0 Å². The van der Waals surface area contributed by atoms with Crippen LogP contribution in [-0.2, 0) is 28.6 Å². The molecule has 0 aromatic heterocycles. The molecule has 0 saturated carbocycles. The Labute approximate surface area is 413 Å². The highest BCUT2D eigenvalue weighted by Gasteiger charge is 2.19. The monoisotopic (exact) mass is 931 g/mol. The fraction of sp³-hybridized carbons (Fsp3) is 0.689. The van der Waals surface area contributed by atoms with Crippen LogP contribution in [0.25, 0.3) is 0 Å². The van der Waals surface area contributed by atoms with E-state index in [0.717, 1.165) is 135 Å². The van der Waals surface area contributed by atoms with E-state index >= 15 is 0 Å². The Kier molecular flexibility index (Phi) is 51.9. The van der Waals surface area contributed by atoms with Crippen molar-refractivity contribution in [2.24, 2.45) is 0 Å². The summed E-state index contributed by atoms with van der Waals surface area (Å²) < 4.78 is 16.8. The molecule has 0 aromatic carbocycles. The SMILES string of the molecule is CC/C=C\C/C=C\C/C=C\C/C=C\C/C=C\C/C=C\CCCCCCC(=O)OCC(COC(=O)CCCCCCCCCCCC)OC(=O)CCCCCCC/C=C\C/C=C\CCCCCC. The molecule has 0 N–H and O–H groups in total. The average molecular weight is 931 g/mol. The van der Waals surface area contributed by atoms with Crippen LogP contribution < -0.4 is 0 Å². The van der Waals surface area contributed by atoms with Gasteiger partial charge >= 0.3 is 17.9 Å². The Balaban J connectivity index is 4.40. The zero-order chi connectivity index (χ0) is 48.6. The topological polar surface area (TPSA) is 78.9 Å². The van der Waals surface area contributed by atoms with Crippen molar-refractivity contribution in [2.75, 3.05) is 13.2 Å². The Morgan fingerprint density at radius 3 is 0.925 bits per heavy atom. The van der Waals surface area contributed by atoms with Crippen LogP contribution in [0.1, 0.15) is 252 Å². The number of hydrogen-bond acceptors (Lipinski definition) is 6. The second-order valence-electron chi connectivity index (χ2n) is 18.1. The highest BCUT2D eigenvalue weighted by atomic mass is 16.6. The van der Waals surface area contributed by atoms with Crippen molar-refractivity contribution in [1.29, 1.82) is 0 Å². The van der Waals surface area contributed by atoms with Crippen LogP contribution in [0.5, 0.6) is 0 Å². The smallest absolute Gasteiger partial charge is 0.306 e. The van der Waals surface area contributed by atoms with Gasteiger partial charge in [-0.3, -0.25) is 14.4 Å². The number of esters is 3. The van der Waals surface area contributed by atoms with Gasteiger partial charge in [-0.15, -0.1) is 0 Å². The molecule has 382 valence electrons. The molecule has 0 aromatic rings. The summed E-state index contributed by atoms with van der Waals surface area (Å²) in [6.07, 6.45) is 72.5. The molecule has 0 fully saturated rings.